The van der Waals surface area contributed by atoms with E-state index in [9.17, 15) is 4.79 Å². The highest BCUT2D eigenvalue weighted by Crippen LogP contribution is 2.28. The highest BCUT2D eigenvalue weighted by molar-refractivity contribution is 6.30. The van der Waals surface area contributed by atoms with Crippen LogP contribution in [0.1, 0.15) is 23.5 Å². The van der Waals surface area contributed by atoms with Crippen LogP contribution in [0.4, 0.5) is 0 Å². The van der Waals surface area contributed by atoms with Crippen LogP contribution in [-0.2, 0) is 11.3 Å². The first-order chi connectivity index (χ1) is 7.22. The van der Waals surface area contributed by atoms with Gasteiger partial charge in [0.25, 0.3) is 0 Å². The van der Waals surface area contributed by atoms with Crippen molar-refractivity contribution in [3.63, 3.8) is 0 Å². The quantitative estimate of drug-likeness (QED) is 0.853. The van der Waals surface area contributed by atoms with Crippen molar-refractivity contribution in [1.82, 2.24) is 5.32 Å². The van der Waals surface area contributed by atoms with Crippen molar-refractivity contribution in [2.45, 2.75) is 18.9 Å². The zero-order valence-electron chi connectivity index (χ0n) is 8.70. The fourth-order valence-corrected chi connectivity index (χ4v) is 2.18. The van der Waals surface area contributed by atoms with Crippen LogP contribution in [-0.4, -0.2) is 12.5 Å². The average Bonchev–Trinajstić information content (AvgIpc) is 2.64. The van der Waals surface area contributed by atoms with Crippen LogP contribution in [0, 0.1) is 0 Å². The lowest BCUT2D eigenvalue weighted by Gasteiger charge is -2.12. The summed E-state index contributed by atoms with van der Waals surface area (Å²) < 4.78 is 0. The first kappa shape index (κ1) is 13.3. The van der Waals surface area contributed by atoms with Gasteiger partial charge >= 0.3 is 0 Å². The molecule has 2 rings (SSSR count). The van der Waals surface area contributed by atoms with E-state index >= 15 is 0 Å². The zero-order valence-corrected chi connectivity index (χ0v) is 10.3. The average molecular weight is 261 g/mol. The highest BCUT2D eigenvalue weighted by atomic mass is 35.5. The monoisotopic (exact) mass is 260 g/mol. The molecule has 3 N–H and O–H groups in total. The van der Waals surface area contributed by atoms with Gasteiger partial charge in [-0.3, -0.25) is 4.79 Å². The molecular weight excluding hydrogens is 247 g/mol. The third-order valence-corrected chi connectivity index (χ3v) is 2.98. The summed E-state index contributed by atoms with van der Waals surface area (Å²) in [5, 5.41) is 3.49. The predicted molar refractivity (Wildman–Crippen MR) is 67.0 cm³/mol. The molecule has 1 aliphatic heterocycles. The van der Waals surface area contributed by atoms with E-state index in [1.165, 1.54) is 0 Å². The van der Waals surface area contributed by atoms with E-state index in [0.717, 1.165) is 24.1 Å². The van der Waals surface area contributed by atoms with Gasteiger partial charge in [-0.05, 0) is 29.7 Å². The molecule has 1 aliphatic rings. The number of nitrogens with one attached hydrogen (secondary N) is 1. The largest absolute Gasteiger partial charge is 0.356 e. The van der Waals surface area contributed by atoms with Crippen LogP contribution in [0.15, 0.2) is 18.2 Å². The molecule has 1 fully saturated rings. The van der Waals surface area contributed by atoms with Crippen LogP contribution in [0.5, 0.6) is 0 Å². The fraction of sp³-hybridized carbons (Fsp3) is 0.364. The molecule has 0 aromatic heterocycles. The maximum Gasteiger partial charge on any atom is 0.227 e. The smallest absolute Gasteiger partial charge is 0.227 e. The molecule has 88 valence electrons. The molecule has 5 heteroatoms. The Balaban J connectivity index is 0.00000128. The van der Waals surface area contributed by atoms with E-state index < -0.39 is 0 Å². The Hall–Kier alpha value is -0.770. The van der Waals surface area contributed by atoms with Gasteiger partial charge in [-0.25, -0.2) is 0 Å². The van der Waals surface area contributed by atoms with Gasteiger partial charge in [0.1, 0.15) is 0 Å². The first-order valence-corrected chi connectivity index (χ1v) is 5.36. The molecule has 1 atom stereocenters. The number of carbonyl (C=O) groups is 1. The second-order valence-electron chi connectivity index (χ2n) is 3.68. The van der Waals surface area contributed by atoms with Gasteiger partial charge in [0.15, 0.2) is 0 Å². The third-order valence-electron chi connectivity index (χ3n) is 2.75. The minimum absolute atomic E-state index is 0. The standard InChI is InChI=1S/C11H13ClN2O.ClH/c12-8-1-2-9(7(5-8)6-13)10-3-4-14-11(10)15;/h1-2,5,10H,3-4,6,13H2,(H,14,15);1H. The lowest BCUT2D eigenvalue weighted by atomic mass is 9.93. The summed E-state index contributed by atoms with van der Waals surface area (Å²) in [6, 6.07) is 5.55. The minimum Gasteiger partial charge on any atom is -0.356 e. The van der Waals surface area contributed by atoms with Crippen LogP contribution in [0.2, 0.25) is 5.02 Å². The van der Waals surface area contributed by atoms with Crippen LogP contribution >= 0.6 is 24.0 Å². The summed E-state index contributed by atoms with van der Waals surface area (Å²) in [6.07, 6.45) is 0.841. The molecular formula is C11H14Cl2N2O. The Morgan fingerprint density at radius 3 is 2.81 bits per heavy atom. The van der Waals surface area contributed by atoms with Crippen molar-refractivity contribution in [2.75, 3.05) is 6.54 Å². The highest BCUT2D eigenvalue weighted by Gasteiger charge is 2.27. The molecule has 0 aliphatic carbocycles. The molecule has 3 nitrogen and oxygen atoms in total. The van der Waals surface area contributed by atoms with E-state index in [4.69, 9.17) is 17.3 Å². The fourth-order valence-electron chi connectivity index (χ4n) is 1.98. The van der Waals surface area contributed by atoms with Crippen LogP contribution in [0.25, 0.3) is 0 Å². The Morgan fingerprint density at radius 1 is 1.50 bits per heavy atom. The van der Waals surface area contributed by atoms with E-state index in [1.807, 2.05) is 18.2 Å². The maximum absolute atomic E-state index is 11.5. The summed E-state index contributed by atoms with van der Waals surface area (Å²) >= 11 is 5.88. The summed E-state index contributed by atoms with van der Waals surface area (Å²) in [5.41, 5.74) is 7.62. The van der Waals surface area contributed by atoms with E-state index in [1.54, 1.807) is 0 Å². The van der Waals surface area contributed by atoms with Crippen molar-refractivity contribution in [3.05, 3.63) is 34.3 Å². The summed E-state index contributed by atoms with van der Waals surface area (Å²) in [4.78, 5) is 11.5. The number of carbonyl (C=O) groups excluding carboxylic acids is 1. The van der Waals surface area contributed by atoms with Crippen molar-refractivity contribution in [2.24, 2.45) is 5.73 Å². The molecule has 1 aromatic carbocycles. The molecule has 1 aromatic rings. The number of hydrogen-bond donors (Lipinski definition) is 2. The maximum atomic E-state index is 11.5. The zero-order chi connectivity index (χ0) is 10.8. The third kappa shape index (κ3) is 2.48. The van der Waals surface area contributed by atoms with Gasteiger partial charge in [0.2, 0.25) is 5.91 Å². The van der Waals surface area contributed by atoms with Gasteiger partial charge in [0, 0.05) is 18.1 Å². The lowest BCUT2D eigenvalue weighted by Crippen LogP contribution is -2.19. The first-order valence-electron chi connectivity index (χ1n) is 4.98. The molecule has 16 heavy (non-hydrogen) atoms. The molecule has 1 unspecified atom stereocenters. The van der Waals surface area contributed by atoms with Crippen molar-refractivity contribution in [1.29, 1.82) is 0 Å². The Labute approximate surface area is 106 Å². The Kier molecular flexibility index (Phi) is 4.59. The van der Waals surface area contributed by atoms with E-state index in [2.05, 4.69) is 5.32 Å². The number of hydrogen-bond acceptors (Lipinski definition) is 2. The predicted octanol–water partition coefficient (Wildman–Crippen LogP) is 1.82. The number of amides is 1. The molecule has 1 amide bonds. The molecule has 0 radical (unpaired) electrons. The molecule has 0 bridgehead atoms. The van der Waals surface area contributed by atoms with Crippen LogP contribution in [0.3, 0.4) is 0 Å². The molecule has 0 spiro atoms. The van der Waals surface area contributed by atoms with E-state index in [-0.39, 0.29) is 24.2 Å². The molecule has 1 saturated heterocycles. The van der Waals surface area contributed by atoms with E-state index in [0.29, 0.717) is 11.6 Å². The number of benzene rings is 1. The van der Waals surface area contributed by atoms with Gasteiger partial charge in [-0.1, -0.05) is 17.7 Å². The second kappa shape index (κ2) is 5.53. The van der Waals surface area contributed by atoms with Crippen molar-refractivity contribution >= 4 is 29.9 Å². The Bertz CT molecular complexity index is 396. The van der Waals surface area contributed by atoms with Gasteiger partial charge in [-0.15, -0.1) is 12.4 Å². The van der Waals surface area contributed by atoms with Gasteiger partial charge < -0.3 is 11.1 Å². The molecule has 0 saturated carbocycles. The van der Waals surface area contributed by atoms with Crippen molar-refractivity contribution < 1.29 is 4.79 Å². The summed E-state index contributed by atoms with van der Waals surface area (Å²) in [6.45, 7) is 1.16. The summed E-state index contributed by atoms with van der Waals surface area (Å²) in [5.74, 6) is 0.0350. The second-order valence-corrected chi connectivity index (χ2v) is 4.12. The van der Waals surface area contributed by atoms with Gasteiger partial charge in [0.05, 0.1) is 5.92 Å². The van der Waals surface area contributed by atoms with Crippen LogP contribution < -0.4 is 11.1 Å². The topological polar surface area (TPSA) is 55.1 Å². The van der Waals surface area contributed by atoms with Gasteiger partial charge in [-0.2, -0.15) is 0 Å². The minimum atomic E-state index is -0.0548. The lowest BCUT2D eigenvalue weighted by molar-refractivity contribution is -0.120. The number of halogens is 2. The normalized spacial score (nSPS) is 19.1. The SMILES string of the molecule is Cl.NCc1cc(Cl)ccc1C1CCNC1=O. The number of rotatable bonds is 2. The summed E-state index contributed by atoms with van der Waals surface area (Å²) in [7, 11) is 0. The van der Waals surface area contributed by atoms with Crippen molar-refractivity contribution in [3.8, 4) is 0 Å². The number of nitrogens with two attached hydrogens (primary N) is 1. The Morgan fingerprint density at radius 2 is 2.25 bits per heavy atom. The molecule has 1 heterocycles.